The fraction of sp³-hybridized carbons (Fsp3) is 0.533. The Balaban J connectivity index is 1.94. The third-order valence-corrected chi connectivity index (χ3v) is 4.51. The molecule has 1 aromatic carbocycles. The van der Waals surface area contributed by atoms with Gasteiger partial charge in [0.05, 0.1) is 5.56 Å². The molecule has 0 bridgehead atoms. The maximum atomic E-state index is 12.4. The van der Waals surface area contributed by atoms with Crippen molar-refractivity contribution < 1.29 is 4.79 Å². The average molecular weight is 325 g/mol. The first-order valence-electron chi connectivity index (χ1n) is 6.76. The van der Waals surface area contributed by atoms with Crippen molar-refractivity contribution in [3.05, 3.63) is 34.3 Å². The normalized spacial score (nSPS) is 17.4. The van der Waals surface area contributed by atoms with Crippen molar-refractivity contribution in [3.8, 4) is 0 Å². The molecule has 0 aliphatic carbocycles. The minimum atomic E-state index is 0.103. The highest BCUT2D eigenvalue weighted by Gasteiger charge is 2.21. The molecule has 1 aliphatic rings. The lowest BCUT2D eigenvalue weighted by molar-refractivity contribution is 0.0746. The fourth-order valence-electron chi connectivity index (χ4n) is 2.56. The van der Waals surface area contributed by atoms with Gasteiger partial charge in [0.15, 0.2) is 0 Å². The van der Waals surface area contributed by atoms with E-state index in [9.17, 15) is 4.79 Å². The number of benzene rings is 1. The zero-order chi connectivity index (χ0) is 13.8. The van der Waals surface area contributed by atoms with Gasteiger partial charge in [0.1, 0.15) is 0 Å². The molecule has 104 valence electrons. The third-order valence-electron chi connectivity index (χ3n) is 3.82. The van der Waals surface area contributed by atoms with E-state index in [1.165, 1.54) is 12.8 Å². The summed E-state index contributed by atoms with van der Waals surface area (Å²) in [5, 5.41) is 0. The molecule has 0 spiro atoms. The molecule has 3 nitrogen and oxygen atoms in total. The van der Waals surface area contributed by atoms with E-state index in [-0.39, 0.29) is 5.91 Å². The van der Waals surface area contributed by atoms with Crippen LogP contribution in [0.15, 0.2) is 28.7 Å². The zero-order valence-electron chi connectivity index (χ0n) is 11.6. The van der Waals surface area contributed by atoms with E-state index in [4.69, 9.17) is 0 Å². The van der Waals surface area contributed by atoms with Crippen LogP contribution in [0, 0.1) is 5.92 Å². The van der Waals surface area contributed by atoms with Gasteiger partial charge in [-0.15, -0.1) is 0 Å². The van der Waals surface area contributed by atoms with E-state index in [0.717, 1.165) is 29.7 Å². The van der Waals surface area contributed by atoms with Crippen molar-refractivity contribution >= 4 is 21.8 Å². The van der Waals surface area contributed by atoms with Crippen LogP contribution in [0.2, 0.25) is 0 Å². The maximum Gasteiger partial charge on any atom is 0.254 e. The van der Waals surface area contributed by atoms with Crippen molar-refractivity contribution in [3.63, 3.8) is 0 Å². The Kier molecular flexibility index (Phi) is 4.99. The summed E-state index contributed by atoms with van der Waals surface area (Å²) in [7, 11) is 4.06. The van der Waals surface area contributed by atoms with Gasteiger partial charge in [0.25, 0.3) is 5.91 Å². The summed E-state index contributed by atoms with van der Waals surface area (Å²) in [6.07, 6.45) is 2.37. The Morgan fingerprint density at radius 3 is 2.63 bits per heavy atom. The fourth-order valence-corrected chi connectivity index (χ4v) is 3.01. The minimum absolute atomic E-state index is 0.103. The lowest BCUT2D eigenvalue weighted by atomic mass is 9.96. The van der Waals surface area contributed by atoms with E-state index >= 15 is 0 Å². The lowest BCUT2D eigenvalue weighted by Gasteiger charge is -2.31. The Hall–Kier alpha value is -0.870. The molecule has 1 heterocycles. The number of carbonyl (C=O) groups excluding carboxylic acids is 1. The minimum Gasteiger partial charge on any atom is -0.341 e. The van der Waals surface area contributed by atoms with Gasteiger partial charge in [-0.05, 0) is 67.0 Å². The van der Waals surface area contributed by atoms with Gasteiger partial charge in [0, 0.05) is 18.1 Å². The molecule has 1 aromatic rings. The van der Waals surface area contributed by atoms with Gasteiger partial charge in [-0.2, -0.15) is 0 Å². The highest BCUT2D eigenvalue weighted by Crippen LogP contribution is 2.20. The molecule has 1 saturated heterocycles. The van der Waals surface area contributed by atoms with Crippen LogP contribution in [0.4, 0.5) is 0 Å². The molecule has 0 atom stereocenters. The van der Waals surface area contributed by atoms with Crippen LogP contribution < -0.4 is 0 Å². The van der Waals surface area contributed by atoms with E-state index in [2.05, 4.69) is 27.9 Å². The summed E-state index contributed by atoms with van der Waals surface area (Å²) in [5.74, 6) is 0.735. The first-order valence-corrected chi connectivity index (χ1v) is 7.55. The Morgan fingerprint density at radius 2 is 2.00 bits per heavy atom. The average Bonchev–Trinajstić information content (AvgIpc) is 2.41. The smallest absolute Gasteiger partial charge is 0.254 e. The molecular weight excluding hydrogens is 304 g/mol. The number of carbonyl (C=O) groups is 1. The van der Waals surface area contributed by atoms with Crippen molar-refractivity contribution in [2.24, 2.45) is 5.92 Å². The Morgan fingerprint density at radius 1 is 1.37 bits per heavy atom. The van der Waals surface area contributed by atoms with Crippen LogP contribution in [-0.4, -0.2) is 49.4 Å². The first-order chi connectivity index (χ1) is 9.08. The number of rotatable bonds is 3. The predicted molar refractivity (Wildman–Crippen MR) is 81.3 cm³/mol. The van der Waals surface area contributed by atoms with E-state index in [1.54, 1.807) is 0 Å². The van der Waals surface area contributed by atoms with Gasteiger partial charge < -0.3 is 9.80 Å². The van der Waals surface area contributed by atoms with Crippen LogP contribution in [0.5, 0.6) is 0 Å². The van der Waals surface area contributed by atoms with Gasteiger partial charge in [-0.3, -0.25) is 4.79 Å². The van der Waals surface area contributed by atoms with Gasteiger partial charge in [-0.25, -0.2) is 0 Å². The molecule has 19 heavy (non-hydrogen) atoms. The molecule has 0 saturated carbocycles. The SMILES string of the molecule is CN1CCC(CN(C)C(=O)c2ccccc2Br)CC1. The monoisotopic (exact) mass is 324 g/mol. The molecular formula is C15H21BrN2O. The number of amides is 1. The van der Waals surface area contributed by atoms with Gasteiger partial charge in [0.2, 0.25) is 0 Å². The maximum absolute atomic E-state index is 12.4. The molecule has 1 amide bonds. The highest BCUT2D eigenvalue weighted by atomic mass is 79.9. The van der Waals surface area contributed by atoms with Crippen molar-refractivity contribution in [1.29, 1.82) is 0 Å². The third kappa shape index (κ3) is 3.80. The lowest BCUT2D eigenvalue weighted by Crippen LogP contribution is -2.38. The number of halogens is 1. The van der Waals surface area contributed by atoms with Gasteiger partial charge in [-0.1, -0.05) is 12.1 Å². The van der Waals surface area contributed by atoms with Crippen molar-refractivity contribution in [2.45, 2.75) is 12.8 Å². The van der Waals surface area contributed by atoms with Crippen LogP contribution >= 0.6 is 15.9 Å². The van der Waals surface area contributed by atoms with Crippen LogP contribution in [-0.2, 0) is 0 Å². The topological polar surface area (TPSA) is 23.6 Å². The summed E-state index contributed by atoms with van der Waals surface area (Å²) >= 11 is 3.44. The van der Waals surface area contributed by atoms with Crippen LogP contribution in [0.1, 0.15) is 23.2 Å². The molecule has 0 N–H and O–H groups in total. The predicted octanol–water partition coefficient (Wildman–Crippen LogP) is 2.86. The molecule has 2 rings (SSSR count). The Labute approximate surface area is 123 Å². The van der Waals surface area contributed by atoms with Gasteiger partial charge >= 0.3 is 0 Å². The molecule has 4 heteroatoms. The zero-order valence-corrected chi connectivity index (χ0v) is 13.2. The van der Waals surface area contributed by atoms with E-state index in [1.807, 2.05) is 36.2 Å². The summed E-state index contributed by atoms with van der Waals surface area (Å²) in [5.41, 5.74) is 0.748. The summed E-state index contributed by atoms with van der Waals surface area (Å²) in [6, 6.07) is 7.62. The second-order valence-electron chi connectivity index (χ2n) is 5.41. The summed E-state index contributed by atoms with van der Waals surface area (Å²) in [6.45, 7) is 3.14. The molecule has 0 unspecified atom stereocenters. The number of hydrogen-bond acceptors (Lipinski definition) is 2. The van der Waals surface area contributed by atoms with Crippen LogP contribution in [0.3, 0.4) is 0 Å². The second-order valence-corrected chi connectivity index (χ2v) is 6.27. The summed E-state index contributed by atoms with van der Waals surface area (Å²) < 4.78 is 0.871. The second kappa shape index (κ2) is 6.53. The highest BCUT2D eigenvalue weighted by molar-refractivity contribution is 9.10. The van der Waals surface area contributed by atoms with Crippen LogP contribution in [0.25, 0.3) is 0 Å². The molecule has 0 radical (unpaired) electrons. The van der Waals surface area contributed by atoms with Crippen molar-refractivity contribution in [1.82, 2.24) is 9.80 Å². The Bertz CT molecular complexity index is 442. The van der Waals surface area contributed by atoms with E-state index < -0.39 is 0 Å². The standard InChI is InChI=1S/C15H21BrN2O/c1-17-9-7-12(8-10-17)11-18(2)15(19)13-5-3-4-6-14(13)16/h3-6,12H,7-11H2,1-2H3. The quantitative estimate of drug-likeness (QED) is 0.853. The first kappa shape index (κ1) is 14.5. The largest absolute Gasteiger partial charge is 0.341 e. The van der Waals surface area contributed by atoms with Crippen molar-refractivity contribution in [2.75, 3.05) is 33.7 Å². The molecule has 1 aliphatic heterocycles. The number of piperidine rings is 1. The number of nitrogens with zero attached hydrogens (tertiary/aromatic N) is 2. The molecule has 0 aromatic heterocycles. The summed E-state index contributed by atoms with van der Waals surface area (Å²) in [4.78, 5) is 16.6. The van der Waals surface area contributed by atoms with E-state index in [0.29, 0.717) is 5.92 Å². The number of hydrogen-bond donors (Lipinski definition) is 0. The molecule has 1 fully saturated rings. The number of likely N-dealkylation sites (tertiary alicyclic amines) is 1.